The number of alkyl halides is 3. The highest BCUT2D eigenvalue weighted by atomic mass is 32.2. The van der Waals surface area contributed by atoms with Crippen molar-refractivity contribution in [3.05, 3.63) is 23.8 Å². The standard InChI is InChI=1S/C10H9F3O4S/c1-18(16)8-3-6(4-9(14)15)2-7(5-8)17-10(11,12)13/h2-3,5H,4H2,1H3,(H,14,15). The van der Waals surface area contributed by atoms with Crippen molar-refractivity contribution in [3.8, 4) is 5.75 Å². The van der Waals surface area contributed by atoms with Gasteiger partial charge in [-0.05, 0) is 23.8 Å². The molecule has 1 N–H and O–H groups in total. The van der Waals surface area contributed by atoms with Crippen LogP contribution in [0.3, 0.4) is 0 Å². The Morgan fingerprint density at radius 1 is 1.39 bits per heavy atom. The van der Waals surface area contributed by atoms with E-state index in [2.05, 4.69) is 4.74 Å². The molecular formula is C10H9F3O4S. The minimum atomic E-state index is -4.88. The second-order valence-corrected chi connectivity index (χ2v) is 4.76. The quantitative estimate of drug-likeness (QED) is 0.916. The third-order valence-corrected chi connectivity index (χ3v) is 2.76. The SMILES string of the molecule is CS(=O)c1cc(CC(=O)O)cc(OC(F)(F)F)c1. The fraction of sp³-hybridized carbons (Fsp3) is 0.300. The molecule has 18 heavy (non-hydrogen) atoms. The van der Waals surface area contributed by atoms with Gasteiger partial charge in [0.15, 0.2) is 0 Å². The topological polar surface area (TPSA) is 63.6 Å². The molecule has 100 valence electrons. The van der Waals surface area contributed by atoms with Crippen molar-refractivity contribution in [3.63, 3.8) is 0 Å². The van der Waals surface area contributed by atoms with Crippen molar-refractivity contribution in [2.24, 2.45) is 0 Å². The predicted molar refractivity (Wildman–Crippen MR) is 56.8 cm³/mol. The Kier molecular flexibility index (Phi) is 4.33. The zero-order valence-electron chi connectivity index (χ0n) is 9.15. The summed E-state index contributed by atoms with van der Waals surface area (Å²) in [5, 5.41) is 8.58. The van der Waals surface area contributed by atoms with E-state index >= 15 is 0 Å². The van der Waals surface area contributed by atoms with Crippen LogP contribution in [0.1, 0.15) is 5.56 Å². The third-order valence-electron chi connectivity index (χ3n) is 1.86. The molecule has 0 aliphatic carbocycles. The maximum absolute atomic E-state index is 12.1. The summed E-state index contributed by atoms with van der Waals surface area (Å²) in [7, 11) is -1.53. The Morgan fingerprint density at radius 2 is 2.00 bits per heavy atom. The number of rotatable bonds is 4. The highest BCUT2D eigenvalue weighted by Gasteiger charge is 2.31. The number of carboxylic acids is 1. The summed E-state index contributed by atoms with van der Waals surface area (Å²) in [6.45, 7) is 0. The lowest BCUT2D eigenvalue weighted by molar-refractivity contribution is -0.274. The van der Waals surface area contributed by atoms with Crippen LogP contribution in [-0.2, 0) is 22.0 Å². The Bertz CT molecular complexity index is 485. The molecule has 1 atom stereocenters. The summed E-state index contributed by atoms with van der Waals surface area (Å²) < 4.78 is 51.1. The fourth-order valence-electron chi connectivity index (χ4n) is 1.27. The molecule has 4 nitrogen and oxygen atoms in total. The lowest BCUT2D eigenvalue weighted by Crippen LogP contribution is -2.17. The molecule has 1 aromatic rings. The smallest absolute Gasteiger partial charge is 0.481 e. The van der Waals surface area contributed by atoms with Crippen molar-refractivity contribution < 1.29 is 32.0 Å². The summed E-state index contributed by atoms with van der Waals surface area (Å²) in [5.74, 6) is -1.78. The number of carbonyl (C=O) groups is 1. The molecule has 0 bridgehead atoms. The van der Waals surface area contributed by atoms with Crippen molar-refractivity contribution >= 4 is 16.8 Å². The van der Waals surface area contributed by atoms with E-state index in [1.54, 1.807) is 0 Å². The Morgan fingerprint density at radius 3 is 2.44 bits per heavy atom. The van der Waals surface area contributed by atoms with Gasteiger partial charge in [-0.3, -0.25) is 9.00 Å². The largest absolute Gasteiger partial charge is 0.573 e. The van der Waals surface area contributed by atoms with Gasteiger partial charge in [0.05, 0.1) is 6.42 Å². The zero-order valence-corrected chi connectivity index (χ0v) is 9.97. The van der Waals surface area contributed by atoms with Crippen molar-refractivity contribution in [1.82, 2.24) is 0 Å². The maximum atomic E-state index is 12.1. The van der Waals surface area contributed by atoms with Crippen molar-refractivity contribution in [1.29, 1.82) is 0 Å². The predicted octanol–water partition coefficient (Wildman–Crippen LogP) is 1.95. The van der Waals surface area contributed by atoms with E-state index in [4.69, 9.17) is 5.11 Å². The fourth-order valence-corrected chi connectivity index (χ4v) is 1.87. The highest BCUT2D eigenvalue weighted by Crippen LogP contribution is 2.26. The van der Waals surface area contributed by atoms with Gasteiger partial charge in [0.2, 0.25) is 0 Å². The maximum Gasteiger partial charge on any atom is 0.573 e. The van der Waals surface area contributed by atoms with Gasteiger partial charge in [-0.2, -0.15) is 0 Å². The summed E-state index contributed by atoms with van der Waals surface area (Å²) in [6, 6.07) is 3.19. The molecule has 0 heterocycles. The van der Waals surface area contributed by atoms with Crippen LogP contribution in [-0.4, -0.2) is 27.9 Å². The first kappa shape index (κ1) is 14.5. The van der Waals surface area contributed by atoms with Gasteiger partial charge in [-0.25, -0.2) is 0 Å². The minimum Gasteiger partial charge on any atom is -0.481 e. The Hall–Kier alpha value is -1.57. The van der Waals surface area contributed by atoms with Gasteiger partial charge in [0.25, 0.3) is 0 Å². The van der Waals surface area contributed by atoms with E-state index in [-0.39, 0.29) is 10.5 Å². The number of hydrogen-bond donors (Lipinski definition) is 1. The number of aliphatic carboxylic acids is 1. The van der Waals surface area contributed by atoms with Gasteiger partial charge < -0.3 is 9.84 Å². The van der Waals surface area contributed by atoms with E-state index in [9.17, 15) is 22.2 Å². The molecule has 0 aromatic heterocycles. The molecule has 1 rings (SSSR count). The van der Waals surface area contributed by atoms with Crippen LogP contribution < -0.4 is 4.74 Å². The summed E-state index contributed by atoms with van der Waals surface area (Å²) in [4.78, 5) is 10.6. The molecule has 0 amide bonds. The molecule has 0 saturated carbocycles. The van der Waals surface area contributed by atoms with Crippen LogP contribution >= 0.6 is 0 Å². The molecule has 1 aromatic carbocycles. The lowest BCUT2D eigenvalue weighted by atomic mass is 10.1. The summed E-state index contributed by atoms with van der Waals surface area (Å²) in [6.07, 6.45) is -4.08. The van der Waals surface area contributed by atoms with Gasteiger partial charge in [0, 0.05) is 22.0 Å². The van der Waals surface area contributed by atoms with E-state index in [0.717, 1.165) is 12.1 Å². The first-order chi connectivity index (χ1) is 8.17. The normalized spacial score (nSPS) is 13.1. The molecule has 0 saturated heterocycles. The van der Waals surface area contributed by atoms with Gasteiger partial charge >= 0.3 is 12.3 Å². The second kappa shape index (κ2) is 5.38. The van der Waals surface area contributed by atoms with Gasteiger partial charge in [0.1, 0.15) is 5.75 Å². The number of carboxylic acid groups (broad SMARTS) is 1. The molecule has 8 heteroatoms. The average molecular weight is 282 g/mol. The molecule has 1 unspecified atom stereocenters. The minimum absolute atomic E-state index is 0.0769. The summed E-state index contributed by atoms with van der Waals surface area (Å²) in [5.41, 5.74) is 0.0921. The van der Waals surface area contributed by atoms with Gasteiger partial charge in [-0.15, -0.1) is 13.2 Å². The summed E-state index contributed by atoms with van der Waals surface area (Å²) >= 11 is 0. The Labute approximate surface area is 103 Å². The van der Waals surface area contributed by atoms with Gasteiger partial charge in [-0.1, -0.05) is 0 Å². The van der Waals surface area contributed by atoms with Crippen LogP contribution in [0.25, 0.3) is 0 Å². The van der Waals surface area contributed by atoms with E-state index in [1.807, 2.05) is 0 Å². The van der Waals surface area contributed by atoms with E-state index in [1.165, 1.54) is 12.3 Å². The number of ether oxygens (including phenoxy) is 1. The molecular weight excluding hydrogens is 273 g/mol. The van der Waals surface area contributed by atoms with E-state index < -0.39 is 35.3 Å². The molecule has 0 spiro atoms. The van der Waals surface area contributed by atoms with E-state index in [0.29, 0.717) is 0 Å². The van der Waals surface area contributed by atoms with Crippen molar-refractivity contribution in [2.75, 3.05) is 6.26 Å². The molecule has 0 fully saturated rings. The van der Waals surface area contributed by atoms with Crippen LogP contribution in [0.5, 0.6) is 5.75 Å². The van der Waals surface area contributed by atoms with Crippen LogP contribution in [0.2, 0.25) is 0 Å². The zero-order chi connectivity index (χ0) is 13.9. The number of halogens is 3. The number of hydrogen-bond acceptors (Lipinski definition) is 3. The number of benzene rings is 1. The molecule has 0 aliphatic heterocycles. The first-order valence-electron chi connectivity index (χ1n) is 4.62. The van der Waals surface area contributed by atoms with Crippen LogP contribution in [0.4, 0.5) is 13.2 Å². The lowest BCUT2D eigenvalue weighted by Gasteiger charge is -2.11. The highest BCUT2D eigenvalue weighted by molar-refractivity contribution is 7.84. The average Bonchev–Trinajstić information content (AvgIpc) is 2.12. The molecule has 0 radical (unpaired) electrons. The van der Waals surface area contributed by atoms with Crippen molar-refractivity contribution in [2.45, 2.75) is 17.7 Å². The Balaban J connectivity index is 3.13. The third kappa shape index (κ3) is 4.74. The van der Waals surface area contributed by atoms with Crippen LogP contribution in [0.15, 0.2) is 23.1 Å². The first-order valence-corrected chi connectivity index (χ1v) is 6.18. The molecule has 0 aliphatic rings. The van der Waals surface area contributed by atoms with Crippen LogP contribution in [0, 0.1) is 0 Å². The second-order valence-electron chi connectivity index (χ2n) is 3.39. The monoisotopic (exact) mass is 282 g/mol.